The van der Waals surface area contributed by atoms with Crippen molar-refractivity contribution in [3.8, 4) is 17.3 Å². The van der Waals surface area contributed by atoms with Crippen molar-refractivity contribution in [2.45, 2.75) is 44.3 Å². The Kier molecular flexibility index (Phi) is 3.99. The molecule has 1 aliphatic heterocycles. The van der Waals surface area contributed by atoms with Gasteiger partial charge in [-0.05, 0) is 18.6 Å². The van der Waals surface area contributed by atoms with Gasteiger partial charge in [-0.15, -0.1) is 0 Å². The van der Waals surface area contributed by atoms with Gasteiger partial charge in [-0.25, -0.2) is 4.98 Å². The van der Waals surface area contributed by atoms with Crippen molar-refractivity contribution in [2.75, 3.05) is 5.75 Å². The third kappa shape index (κ3) is 2.89. The molecular formula is C17H19N5S. The molecule has 23 heavy (non-hydrogen) atoms. The van der Waals surface area contributed by atoms with Gasteiger partial charge in [-0.2, -0.15) is 5.26 Å². The number of nitrogens with one attached hydrogen (secondary N) is 1. The number of pyridine rings is 1. The van der Waals surface area contributed by atoms with E-state index >= 15 is 0 Å². The van der Waals surface area contributed by atoms with E-state index in [9.17, 15) is 5.26 Å². The van der Waals surface area contributed by atoms with Crippen LogP contribution >= 0.6 is 11.8 Å². The normalized spacial score (nSPS) is 14.2. The summed E-state index contributed by atoms with van der Waals surface area (Å²) >= 11 is 1.64. The second kappa shape index (κ2) is 5.82. The molecule has 0 spiro atoms. The van der Waals surface area contributed by atoms with Gasteiger partial charge in [-0.3, -0.25) is 10.4 Å². The van der Waals surface area contributed by atoms with Crippen molar-refractivity contribution < 1.29 is 0 Å². The summed E-state index contributed by atoms with van der Waals surface area (Å²) in [6.07, 6.45) is 2.76. The van der Waals surface area contributed by atoms with Gasteiger partial charge in [0.2, 0.25) is 0 Å². The Morgan fingerprint density at radius 1 is 1.35 bits per heavy atom. The Balaban J connectivity index is 2.15. The Bertz CT molecular complexity index is 838. The van der Waals surface area contributed by atoms with E-state index in [-0.39, 0.29) is 10.9 Å². The Morgan fingerprint density at radius 3 is 2.74 bits per heavy atom. The van der Waals surface area contributed by atoms with E-state index in [1.54, 1.807) is 18.0 Å². The fraction of sp³-hybridized carbons (Fsp3) is 0.412. The predicted octanol–water partition coefficient (Wildman–Crippen LogP) is 3.09. The molecule has 0 saturated heterocycles. The number of hydrogen-bond donors (Lipinski definition) is 1. The van der Waals surface area contributed by atoms with Gasteiger partial charge in [-0.1, -0.05) is 32.5 Å². The van der Waals surface area contributed by atoms with Crippen LogP contribution in [0.1, 0.15) is 38.4 Å². The first-order valence-electron chi connectivity index (χ1n) is 7.61. The van der Waals surface area contributed by atoms with Gasteiger partial charge < -0.3 is 4.57 Å². The lowest BCUT2D eigenvalue weighted by Gasteiger charge is -2.20. The maximum Gasteiger partial charge on any atom is 0.170 e. The van der Waals surface area contributed by atoms with Gasteiger partial charge >= 0.3 is 0 Å². The van der Waals surface area contributed by atoms with E-state index in [0.717, 1.165) is 35.1 Å². The first-order valence-corrected chi connectivity index (χ1v) is 8.59. The van der Waals surface area contributed by atoms with Crippen LogP contribution in [0.25, 0.3) is 11.3 Å². The van der Waals surface area contributed by atoms with Crippen LogP contribution in [0.2, 0.25) is 0 Å². The minimum absolute atomic E-state index is 0.0217. The molecular weight excluding hydrogens is 306 g/mol. The van der Waals surface area contributed by atoms with E-state index in [4.69, 9.17) is 5.41 Å². The third-order valence-electron chi connectivity index (χ3n) is 3.86. The van der Waals surface area contributed by atoms with Crippen LogP contribution in [0.5, 0.6) is 0 Å². The van der Waals surface area contributed by atoms with Crippen molar-refractivity contribution in [2.24, 2.45) is 0 Å². The van der Waals surface area contributed by atoms with Crippen LogP contribution in [-0.2, 0) is 12.0 Å². The van der Waals surface area contributed by atoms with Crippen LogP contribution in [0.3, 0.4) is 0 Å². The number of nitrogens with zero attached hydrogens (tertiary/aromatic N) is 4. The lowest BCUT2D eigenvalue weighted by Crippen LogP contribution is -2.29. The quantitative estimate of drug-likeness (QED) is 0.817. The molecule has 0 saturated carbocycles. The van der Waals surface area contributed by atoms with Crippen molar-refractivity contribution >= 4 is 11.8 Å². The average molecular weight is 325 g/mol. The van der Waals surface area contributed by atoms with Gasteiger partial charge in [0.25, 0.3) is 0 Å². The number of thioether (sulfide) groups is 1. The number of rotatable bonds is 1. The van der Waals surface area contributed by atoms with E-state index in [1.165, 1.54) is 0 Å². The fourth-order valence-corrected chi connectivity index (χ4v) is 3.50. The second-order valence-electron chi connectivity index (χ2n) is 6.61. The number of fused-ring (bicyclic) bond motifs is 1. The molecule has 0 fully saturated rings. The summed E-state index contributed by atoms with van der Waals surface area (Å²) in [5.74, 6) is 0.999. The predicted molar refractivity (Wildman–Crippen MR) is 90.1 cm³/mol. The molecule has 2 aromatic rings. The molecule has 118 valence electrons. The molecule has 0 unspecified atom stereocenters. The molecule has 0 amide bonds. The molecule has 1 aliphatic rings. The van der Waals surface area contributed by atoms with Gasteiger partial charge in [0.1, 0.15) is 17.1 Å². The summed E-state index contributed by atoms with van der Waals surface area (Å²) < 4.78 is 1.83. The Hall–Kier alpha value is -2.13. The highest BCUT2D eigenvalue weighted by Gasteiger charge is 2.20. The number of hydrogen-bond acceptors (Lipinski definition) is 5. The minimum Gasteiger partial charge on any atom is -0.305 e. The van der Waals surface area contributed by atoms with Gasteiger partial charge in [0, 0.05) is 35.2 Å². The largest absolute Gasteiger partial charge is 0.305 e. The smallest absolute Gasteiger partial charge is 0.170 e. The highest BCUT2D eigenvalue weighted by Crippen LogP contribution is 2.27. The number of aromatic nitrogens is 3. The lowest BCUT2D eigenvalue weighted by atomic mass is 9.91. The van der Waals surface area contributed by atoms with Crippen LogP contribution < -0.4 is 5.49 Å². The summed E-state index contributed by atoms with van der Waals surface area (Å²) in [6, 6.07) is 6.07. The Morgan fingerprint density at radius 2 is 2.13 bits per heavy atom. The average Bonchev–Trinajstić information content (AvgIpc) is 2.54. The zero-order valence-electron chi connectivity index (χ0n) is 13.6. The van der Waals surface area contributed by atoms with E-state index in [1.807, 2.05) is 16.7 Å². The molecule has 0 bridgehead atoms. The lowest BCUT2D eigenvalue weighted by molar-refractivity contribution is 0.549. The molecule has 6 heteroatoms. The maximum absolute atomic E-state index is 9.50. The fourth-order valence-electron chi connectivity index (χ4n) is 2.55. The molecule has 5 nitrogen and oxygen atoms in total. The molecule has 3 rings (SSSR count). The van der Waals surface area contributed by atoms with Crippen LogP contribution in [-0.4, -0.2) is 20.3 Å². The standard InChI is InChI=1S/C17H19N5S/c1-17(2,3)13-6-5-11(10-20-13)14-12(9-18)15(19)22-7-4-8-23-16(22)21-14/h5-6,10,19H,4,7-8H2,1-3H3. The molecule has 0 radical (unpaired) electrons. The summed E-state index contributed by atoms with van der Waals surface area (Å²) in [5, 5.41) is 18.6. The third-order valence-corrected chi connectivity index (χ3v) is 4.92. The van der Waals surface area contributed by atoms with Gasteiger partial charge in [0.15, 0.2) is 5.16 Å². The van der Waals surface area contributed by atoms with E-state index < -0.39 is 0 Å². The summed E-state index contributed by atoms with van der Waals surface area (Å²) in [6.45, 7) is 7.09. The highest BCUT2D eigenvalue weighted by atomic mass is 32.2. The summed E-state index contributed by atoms with van der Waals surface area (Å²) in [5.41, 5.74) is 2.89. The first kappa shape index (κ1) is 15.8. The van der Waals surface area contributed by atoms with E-state index in [2.05, 4.69) is 36.8 Å². The van der Waals surface area contributed by atoms with Crippen molar-refractivity contribution in [1.29, 1.82) is 10.7 Å². The van der Waals surface area contributed by atoms with Crippen LogP contribution in [0, 0.1) is 16.7 Å². The van der Waals surface area contributed by atoms with Crippen molar-refractivity contribution in [3.63, 3.8) is 0 Å². The minimum atomic E-state index is -0.0217. The molecule has 0 aromatic carbocycles. The summed E-state index contributed by atoms with van der Waals surface area (Å²) in [7, 11) is 0. The topological polar surface area (TPSA) is 78.4 Å². The summed E-state index contributed by atoms with van der Waals surface area (Å²) in [4.78, 5) is 9.17. The molecule has 2 aromatic heterocycles. The monoisotopic (exact) mass is 325 g/mol. The Labute approximate surface area is 139 Å². The maximum atomic E-state index is 9.50. The van der Waals surface area contributed by atoms with Crippen LogP contribution in [0.4, 0.5) is 0 Å². The van der Waals surface area contributed by atoms with Crippen LogP contribution in [0.15, 0.2) is 23.5 Å². The molecule has 1 N–H and O–H groups in total. The highest BCUT2D eigenvalue weighted by molar-refractivity contribution is 7.99. The zero-order chi connectivity index (χ0) is 16.6. The first-order chi connectivity index (χ1) is 10.9. The van der Waals surface area contributed by atoms with Crippen molar-refractivity contribution in [1.82, 2.24) is 14.5 Å². The molecule has 3 heterocycles. The van der Waals surface area contributed by atoms with E-state index in [0.29, 0.717) is 11.3 Å². The molecule has 0 atom stereocenters. The second-order valence-corrected chi connectivity index (χ2v) is 7.68. The van der Waals surface area contributed by atoms with Gasteiger partial charge in [0.05, 0.1) is 5.69 Å². The SMILES string of the molecule is CC(C)(C)c1ccc(-c2nc3n(c(=N)c2C#N)CCCS3)cn1. The van der Waals surface area contributed by atoms with Crippen molar-refractivity contribution in [3.05, 3.63) is 35.1 Å². The number of nitriles is 1. The molecule has 0 aliphatic carbocycles. The zero-order valence-corrected chi connectivity index (χ0v) is 14.4.